The summed E-state index contributed by atoms with van der Waals surface area (Å²) in [5.74, 6) is 0.555. The third-order valence-corrected chi connectivity index (χ3v) is 4.51. The standard InChI is InChI=1S/C18H23NO/c1-12-8-9-14-6-4-5-7-16(14)17(12)18(19-3)15-10-13(2)20-11-15/h4-9,13,15,18-19H,10-11H2,1-3H3. The molecule has 0 amide bonds. The van der Waals surface area contributed by atoms with Gasteiger partial charge in [0.15, 0.2) is 0 Å². The van der Waals surface area contributed by atoms with Crippen molar-refractivity contribution in [2.24, 2.45) is 5.92 Å². The van der Waals surface area contributed by atoms with Crippen molar-refractivity contribution in [3.63, 3.8) is 0 Å². The highest BCUT2D eigenvalue weighted by Crippen LogP contribution is 2.36. The van der Waals surface area contributed by atoms with E-state index < -0.39 is 0 Å². The van der Waals surface area contributed by atoms with E-state index in [2.05, 4.69) is 62.6 Å². The molecule has 0 bridgehead atoms. The Morgan fingerprint density at radius 3 is 2.70 bits per heavy atom. The molecule has 3 atom stereocenters. The zero-order chi connectivity index (χ0) is 14.1. The largest absolute Gasteiger partial charge is 0.378 e. The predicted molar refractivity (Wildman–Crippen MR) is 84.0 cm³/mol. The molecule has 2 heteroatoms. The van der Waals surface area contributed by atoms with E-state index >= 15 is 0 Å². The molecule has 1 fully saturated rings. The Morgan fingerprint density at radius 1 is 1.20 bits per heavy atom. The molecule has 3 rings (SSSR count). The first-order valence-corrected chi connectivity index (χ1v) is 7.48. The summed E-state index contributed by atoms with van der Waals surface area (Å²) in [5.41, 5.74) is 2.80. The quantitative estimate of drug-likeness (QED) is 0.914. The normalized spacial score (nSPS) is 24.1. The molecule has 0 aromatic heterocycles. The summed E-state index contributed by atoms with van der Waals surface area (Å²) in [7, 11) is 2.06. The lowest BCUT2D eigenvalue weighted by Gasteiger charge is -2.26. The van der Waals surface area contributed by atoms with Gasteiger partial charge in [0, 0.05) is 12.0 Å². The number of aryl methyl sites for hydroxylation is 1. The second-order valence-corrected chi connectivity index (χ2v) is 5.92. The van der Waals surface area contributed by atoms with Gasteiger partial charge in [0.1, 0.15) is 0 Å². The van der Waals surface area contributed by atoms with Crippen LogP contribution in [0.2, 0.25) is 0 Å². The van der Waals surface area contributed by atoms with Crippen LogP contribution in [0, 0.1) is 12.8 Å². The molecule has 1 aliphatic heterocycles. The van der Waals surface area contributed by atoms with Crippen molar-refractivity contribution in [1.29, 1.82) is 0 Å². The van der Waals surface area contributed by atoms with Crippen LogP contribution in [-0.2, 0) is 4.74 Å². The van der Waals surface area contributed by atoms with E-state index in [1.807, 2.05) is 0 Å². The van der Waals surface area contributed by atoms with Crippen LogP contribution in [-0.4, -0.2) is 19.8 Å². The van der Waals surface area contributed by atoms with Crippen LogP contribution in [0.15, 0.2) is 36.4 Å². The van der Waals surface area contributed by atoms with Crippen LogP contribution < -0.4 is 5.32 Å². The van der Waals surface area contributed by atoms with Crippen molar-refractivity contribution in [1.82, 2.24) is 5.32 Å². The maximum atomic E-state index is 5.78. The van der Waals surface area contributed by atoms with E-state index in [1.165, 1.54) is 21.9 Å². The molecule has 0 radical (unpaired) electrons. The van der Waals surface area contributed by atoms with E-state index in [9.17, 15) is 0 Å². The summed E-state index contributed by atoms with van der Waals surface area (Å²) in [6.07, 6.45) is 1.51. The van der Waals surface area contributed by atoms with Crippen molar-refractivity contribution in [2.45, 2.75) is 32.4 Å². The third kappa shape index (κ3) is 2.34. The molecule has 20 heavy (non-hydrogen) atoms. The first kappa shape index (κ1) is 13.6. The Hall–Kier alpha value is -1.38. The Labute approximate surface area is 121 Å². The topological polar surface area (TPSA) is 21.3 Å². The van der Waals surface area contributed by atoms with Crippen molar-refractivity contribution in [3.8, 4) is 0 Å². The smallest absolute Gasteiger partial charge is 0.0551 e. The minimum Gasteiger partial charge on any atom is -0.378 e. The molecular weight excluding hydrogens is 246 g/mol. The van der Waals surface area contributed by atoms with E-state index in [0.29, 0.717) is 18.1 Å². The monoisotopic (exact) mass is 269 g/mol. The summed E-state index contributed by atoms with van der Waals surface area (Å²) in [6, 6.07) is 13.5. The van der Waals surface area contributed by atoms with Crippen molar-refractivity contribution >= 4 is 10.8 Å². The van der Waals surface area contributed by atoms with Gasteiger partial charge in [-0.1, -0.05) is 36.4 Å². The highest BCUT2D eigenvalue weighted by atomic mass is 16.5. The van der Waals surface area contributed by atoms with Crippen LogP contribution in [0.25, 0.3) is 10.8 Å². The van der Waals surface area contributed by atoms with Crippen molar-refractivity contribution in [3.05, 3.63) is 47.5 Å². The van der Waals surface area contributed by atoms with Crippen LogP contribution >= 0.6 is 0 Å². The Balaban J connectivity index is 2.09. The lowest BCUT2D eigenvalue weighted by Crippen LogP contribution is -2.26. The fourth-order valence-corrected chi connectivity index (χ4v) is 3.52. The molecule has 0 spiro atoms. The Kier molecular flexibility index (Phi) is 3.77. The number of hydrogen-bond donors (Lipinski definition) is 1. The van der Waals surface area contributed by atoms with E-state index in [-0.39, 0.29) is 0 Å². The van der Waals surface area contributed by atoms with Crippen LogP contribution in [0.5, 0.6) is 0 Å². The average molecular weight is 269 g/mol. The Bertz CT molecular complexity index is 607. The number of rotatable bonds is 3. The third-order valence-electron chi connectivity index (χ3n) is 4.51. The van der Waals surface area contributed by atoms with E-state index in [1.54, 1.807) is 0 Å². The van der Waals surface area contributed by atoms with E-state index in [4.69, 9.17) is 4.74 Å². The minimum absolute atomic E-state index is 0.367. The molecule has 1 heterocycles. The van der Waals surface area contributed by atoms with Gasteiger partial charge in [-0.25, -0.2) is 0 Å². The van der Waals surface area contributed by atoms with Gasteiger partial charge >= 0.3 is 0 Å². The van der Waals surface area contributed by atoms with Gasteiger partial charge in [0.05, 0.1) is 12.7 Å². The molecule has 1 saturated heterocycles. The van der Waals surface area contributed by atoms with Gasteiger partial charge in [-0.2, -0.15) is 0 Å². The summed E-state index contributed by atoms with van der Waals surface area (Å²) in [4.78, 5) is 0. The van der Waals surface area contributed by atoms with E-state index in [0.717, 1.165) is 13.0 Å². The summed E-state index contributed by atoms with van der Waals surface area (Å²) in [5, 5.41) is 6.22. The molecule has 2 nitrogen and oxygen atoms in total. The summed E-state index contributed by atoms with van der Waals surface area (Å²) >= 11 is 0. The molecule has 0 saturated carbocycles. The predicted octanol–water partition coefficient (Wildman–Crippen LogP) is 3.83. The van der Waals surface area contributed by atoms with Gasteiger partial charge in [-0.3, -0.25) is 0 Å². The molecule has 0 aliphatic carbocycles. The molecule has 106 valence electrons. The fourth-order valence-electron chi connectivity index (χ4n) is 3.52. The lowest BCUT2D eigenvalue weighted by atomic mass is 9.85. The second-order valence-electron chi connectivity index (χ2n) is 5.92. The zero-order valence-electron chi connectivity index (χ0n) is 12.5. The van der Waals surface area contributed by atoms with Gasteiger partial charge in [-0.15, -0.1) is 0 Å². The molecular formula is C18H23NO. The SMILES string of the molecule is CNC(c1c(C)ccc2ccccc12)C1COC(C)C1. The highest BCUT2D eigenvalue weighted by molar-refractivity contribution is 5.87. The molecule has 1 aliphatic rings. The van der Waals surface area contributed by atoms with Gasteiger partial charge < -0.3 is 10.1 Å². The van der Waals surface area contributed by atoms with Crippen LogP contribution in [0.3, 0.4) is 0 Å². The van der Waals surface area contributed by atoms with Crippen molar-refractivity contribution < 1.29 is 4.74 Å². The maximum absolute atomic E-state index is 5.78. The number of benzene rings is 2. The number of fused-ring (bicyclic) bond motifs is 1. The summed E-state index contributed by atoms with van der Waals surface area (Å²) in [6.45, 7) is 5.24. The number of nitrogens with one attached hydrogen (secondary N) is 1. The number of ether oxygens (including phenoxy) is 1. The van der Waals surface area contributed by atoms with Gasteiger partial charge in [0.25, 0.3) is 0 Å². The fraction of sp³-hybridized carbons (Fsp3) is 0.444. The molecule has 2 aromatic carbocycles. The van der Waals surface area contributed by atoms with Crippen LogP contribution in [0.1, 0.15) is 30.5 Å². The molecule has 1 N–H and O–H groups in total. The first-order chi connectivity index (χ1) is 9.70. The highest BCUT2D eigenvalue weighted by Gasteiger charge is 2.31. The van der Waals surface area contributed by atoms with Crippen molar-refractivity contribution in [2.75, 3.05) is 13.7 Å². The number of hydrogen-bond acceptors (Lipinski definition) is 2. The van der Waals surface area contributed by atoms with Gasteiger partial charge in [0.2, 0.25) is 0 Å². The Morgan fingerprint density at radius 2 is 2.00 bits per heavy atom. The summed E-state index contributed by atoms with van der Waals surface area (Å²) < 4.78 is 5.78. The lowest BCUT2D eigenvalue weighted by molar-refractivity contribution is 0.117. The maximum Gasteiger partial charge on any atom is 0.0551 e. The minimum atomic E-state index is 0.367. The average Bonchev–Trinajstić information content (AvgIpc) is 2.88. The first-order valence-electron chi connectivity index (χ1n) is 7.48. The zero-order valence-corrected chi connectivity index (χ0v) is 12.5. The molecule has 3 unspecified atom stereocenters. The van der Waals surface area contributed by atoms with Crippen LogP contribution in [0.4, 0.5) is 0 Å². The van der Waals surface area contributed by atoms with Gasteiger partial charge in [-0.05, 0) is 49.2 Å². The molecule has 2 aromatic rings. The second kappa shape index (κ2) is 5.55.